The van der Waals surface area contributed by atoms with Gasteiger partial charge in [0, 0.05) is 6.54 Å². The summed E-state index contributed by atoms with van der Waals surface area (Å²) in [5.41, 5.74) is 2.14. The molecule has 0 aliphatic carbocycles. The van der Waals surface area contributed by atoms with Crippen molar-refractivity contribution in [2.24, 2.45) is 0 Å². The fourth-order valence-electron chi connectivity index (χ4n) is 1.22. The first-order valence-electron chi connectivity index (χ1n) is 4.74. The second-order valence-corrected chi connectivity index (χ2v) is 3.26. The molecule has 1 amide bonds. The SMILES string of the molecule is C=C(CNC(=O)OC)Cc1ccccc1. The van der Waals surface area contributed by atoms with Crippen LogP contribution < -0.4 is 5.32 Å². The zero-order chi connectivity index (χ0) is 11.1. The summed E-state index contributed by atoms with van der Waals surface area (Å²) in [5.74, 6) is 0. The predicted octanol–water partition coefficient (Wildman–Crippen LogP) is 2.14. The number of hydrogen-bond donors (Lipinski definition) is 1. The van der Waals surface area contributed by atoms with Gasteiger partial charge >= 0.3 is 6.09 Å². The molecule has 0 bridgehead atoms. The lowest BCUT2D eigenvalue weighted by molar-refractivity contribution is 0.172. The van der Waals surface area contributed by atoms with Crippen LogP contribution in [0, 0.1) is 0 Å². The number of carbonyl (C=O) groups excluding carboxylic acids is 1. The highest BCUT2D eigenvalue weighted by Gasteiger charge is 2.00. The van der Waals surface area contributed by atoms with Crippen LogP contribution in [0.4, 0.5) is 4.79 Å². The van der Waals surface area contributed by atoms with Gasteiger partial charge in [0.1, 0.15) is 0 Å². The first-order valence-corrected chi connectivity index (χ1v) is 4.74. The van der Waals surface area contributed by atoms with Gasteiger partial charge in [0.25, 0.3) is 0 Å². The Bertz CT molecular complexity index is 333. The van der Waals surface area contributed by atoms with Gasteiger partial charge < -0.3 is 10.1 Å². The normalized spacial score (nSPS) is 9.40. The number of rotatable bonds is 4. The van der Waals surface area contributed by atoms with E-state index in [1.165, 1.54) is 12.7 Å². The molecule has 1 rings (SSSR count). The number of nitrogens with one attached hydrogen (secondary N) is 1. The maximum atomic E-state index is 10.8. The first kappa shape index (κ1) is 11.3. The van der Waals surface area contributed by atoms with Crippen molar-refractivity contribution in [1.29, 1.82) is 0 Å². The maximum Gasteiger partial charge on any atom is 0.407 e. The van der Waals surface area contributed by atoms with Gasteiger partial charge in [0.2, 0.25) is 0 Å². The quantitative estimate of drug-likeness (QED) is 0.765. The minimum Gasteiger partial charge on any atom is -0.453 e. The van der Waals surface area contributed by atoms with Crippen LogP contribution >= 0.6 is 0 Å². The second kappa shape index (κ2) is 5.86. The van der Waals surface area contributed by atoms with E-state index in [0.717, 1.165) is 12.0 Å². The highest BCUT2D eigenvalue weighted by Crippen LogP contribution is 2.04. The summed E-state index contributed by atoms with van der Waals surface area (Å²) in [6.45, 7) is 4.33. The summed E-state index contributed by atoms with van der Waals surface area (Å²) in [4.78, 5) is 10.8. The monoisotopic (exact) mass is 205 g/mol. The summed E-state index contributed by atoms with van der Waals surface area (Å²) in [5, 5.41) is 2.59. The van der Waals surface area contributed by atoms with Gasteiger partial charge in [-0.3, -0.25) is 0 Å². The van der Waals surface area contributed by atoms with Crippen molar-refractivity contribution in [3.8, 4) is 0 Å². The van der Waals surface area contributed by atoms with Crippen molar-refractivity contribution in [2.75, 3.05) is 13.7 Å². The average molecular weight is 205 g/mol. The Morgan fingerprint density at radius 3 is 2.67 bits per heavy atom. The molecule has 0 aliphatic rings. The zero-order valence-electron chi connectivity index (χ0n) is 8.82. The Balaban J connectivity index is 2.34. The van der Waals surface area contributed by atoms with Crippen LogP contribution in [0.25, 0.3) is 0 Å². The molecular formula is C12H15NO2. The number of methoxy groups -OCH3 is 1. The third kappa shape index (κ3) is 4.31. The Kier molecular flexibility index (Phi) is 4.41. The fourth-order valence-corrected chi connectivity index (χ4v) is 1.22. The third-order valence-corrected chi connectivity index (χ3v) is 1.97. The van der Waals surface area contributed by atoms with Gasteiger partial charge in [-0.25, -0.2) is 4.79 Å². The number of ether oxygens (including phenoxy) is 1. The van der Waals surface area contributed by atoms with Crippen LogP contribution in [0.15, 0.2) is 42.5 Å². The zero-order valence-corrected chi connectivity index (χ0v) is 8.82. The minimum absolute atomic E-state index is 0.427. The fraction of sp³-hybridized carbons (Fsp3) is 0.250. The lowest BCUT2D eigenvalue weighted by Gasteiger charge is -2.06. The molecule has 0 atom stereocenters. The van der Waals surface area contributed by atoms with Gasteiger partial charge in [-0.15, -0.1) is 0 Å². The van der Waals surface area contributed by atoms with E-state index in [1.54, 1.807) is 0 Å². The molecule has 0 aliphatic heterocycles. The molecule has 1 aromatic rings. The third-order valence-electron chi connectivity index (χ3n) is 1.97. The molecule has 1 aromatic carbocycles. The van der Waals surface area contributed by atoms with Crippen molar-refractivity contribution in [3.63, 3.8) is 0 Å². The highest BCUT2D eigenvalue weighted by molar-refractivity contribution is 5.67. The molecule has 0 aromatic heterocycles. The van der Waals surface area contributed by atoms with Crippen molar-refractivity contribution in [1.82, 2.24) is 5.32 Å². The Morgan fingerprint density at radius 1 is 1.40 bits per heavy atom. The molecule has 80 valence electrons. The van der Waals surface area contributed by atoms with Crippen molar-refractivity contribution in [2.45, 2.75) is 6.42 Å². The number of carbonyl (C=O) groups is 1. The maximum absolute atomic E-state index is 10.8. The second-order valence-electron chi connectivity index (χ2n) is 3.26. The van der Waals surface area contributed by atoms with Crippen LogP contribution in [-0.4, -0.2) is 19.7 Å². The lowest BCUT2D eigenvalue weighted by atomic mass is 10.1. The topological polar surface area (TPSA) is 38.3 Å². The molecule has 15 heavy (non-hydrogen) atoms. The van der Waals surface area contributed by atoms with Crippen molar-refractivity contribution in [3.05, 3.63) is 48.0 Å². The van der Waals surface area contributed by atoms with E-state index in [2.05, 4.69) is 16.6 Å². The van der Waals surface area contributed by atoms with E-state index < -0.39 is 6.09 Å². The van der Waals surface area contributed by atoms with Crippen LogP contribution in [0.1, 0.15) is 5.56 Å². The lowest BCUT2D eigenvalue weighted by Crippen LogP contribution is -2.25. The summed E-state index contributed by atoms with van der Waals surface area (Å²) in [7, 11) is 1.34. The van der Waals surface area contributed by atoms with Gasteiger partial charge in [-0.05, 0) is 12.0 Å². The summed E-state index contributed by atoms with van der Waals surface area (Å²) >= 11 is 0. The van der Waals surface area contributed by atoms with E-state index in [-0.39, 0.29) is 0 Å². The minimum atomic E-state index is -0.427. The molecular weight excluding hydrogens is 190 g/mol. The molecule has 1 N–H and O–H groups in total. The van der Waals surface area contributed by atoms with Gasteiger partial charge in [-0.2, -0.15) is 0 Å². The molecule has 3 nitrogen and oxygen atoms in total. The van der Waals surface area contributed by atoms with E-state index in [4.69, 9.17) is 0 Å². The predicted molar refractivity (Wildman–Crippen MR) is 59.7 cm³/mol. The molecule has 0 spiro atoms. The van der Waals surface area contributed by atoms with Crippen molar-refractivity contribution >= 4 is 6.09 Å². The van der Waals surface area contributed by atoms with Crippen molar-refractivity contribution < 1.29 is 9.53 Å². The summed E-state index contributed by atoms with van der Waals surface area (Å²) in [6.07, 6.45) is 0.342. The van der Waals surface area contributed by atoms with Crippen LogP contribution in [0.3, 0.4) is 0 Å². The standard InChI is InChI=1S/C12H15NO2/c1-10(9-13-12(14)15-2)8-11-6-4-3-5-7-11/h3-7H,1,8-9H2,2H3,(H,13,14). The van der Waals surface area contributed by atoms with E-state index in [9.17, 15) is 4.79 Å². The van der Waals surface area contributed by atoms with E-state index in [0.29, 0.717) is 6.54 Å². The molecule has 0 saturated heterocycles. The van der Waals surface area contributed by atoms with Gasteiger partial charge in [0.05, 0.1) is 7.11 Å². The molecule has 0 heterocycles. The number of alkyl carbamates (subject to hydrolysis) is 1. The number of hydrogen-bond acceptors (Lipinski definition) is 2. The Morgan fingerprint density at radius 2 is 2.07 bits per heavy atom. The van der Waals surface area contributed by atoms with Gasteiger partial charge in [0.15, 0.2) is 0 Å². The molecule has 3 heteroatoms. The average Bonchev–Trinajstić information content (AvgIpc) is 2.27. The molecule has 0 saturated carbocycles. The smallest absolute Gasteiger partial charge is 0.407 e. The highest BCUT2D eigenvalue weighted by atomic mass is 16.5. The largest absolute Gasteiger partial charge is 0.453 e. The summed E-state index contributed by atoms with van der Waals surface area (Å²) in [6, 6.07) is 10.00. The van der Waals surface area contributed by atoms with Crippen LogP contribution in [0.2, 0.25) is 0 Å². The van der Waals surface area contributed by atoms with E-state index in [1.807, 2.05) is 30.3 Å². The Hall–Kier alpha value is -1.77. The molecule has 0 radical (unpaired) electrons. The molecule has 0 fully saturated rings. The number of benzene rings is 1. The Labute approximate surface area is 89.8 Å². The molecule has 0 unspecified atom stereocenters. The van der Waals surface area contributed by atoms with E-state index >= 15 is 0 Å². The first-order chi connectivity index (χ1) is 7.22. The van der Waals surface area contributed by atoms with Crippen LogP contribution in [-0.2, 0) is 11.2 Å². The van der Waals surface area contributed by atoms with Crippen LogP contribution in [0.5, 0.6) is 0 Å². The summed E-state index contributed by atoms with van der Waals surface area (Å²) < 4.78 is 4.46. The van der Waals surface area contributed by atoms with Gasteiger partial charge in [-0.1, -0.05) is 42.5 Å². The number of amides is 1.